The molecule has 0 amide bonds. The molecule has 0 aliphatic carbocycles. The Balaban J connectivity index is 4.12. The van der Waals surface area contributed by atoms with Crippen LogP contribution in [-0.2, 0) is 19.2 Å². The smallest absolute Gasteiger partial charge is 0.332 e. The summed E-state index contributed by atoms with van der Waals surface area (Å²) >= 11 is 0. The average molecular weight is 278 g/mol. The van der Waals surface area contributed by atoms with Crippen LogP contribution in [0.4, 0.5) is 0 Å². The molecule has 0 bridgehead atoms. The summed E-state index contributed by atoms with van der Waals surface area (Å²) in [5.74, 6) is -5.82. The molecule has 108 valence electrons. The van der Waals surface area contributed by atoms with Gasteiger partial charge in [0.2, 0.25) is 6.04 Å². The van der Waals surface area contributed by atoms with Crippen molar-refractivity contribution in [3.8, 4) is 0 Å². The second-order valence-electron chi connectivity index (χ2n) is 3.51. The summed E-state index contributed by atoms with van der Waals surface area (Å²) < 4.78 is 0. The topological polar surface area (TPSA) is 173 Å². The van der Waals surface area contributed by atoms with Crippen LogP contribution < -0.4 is 10.6 Å². The molecule has 6 N–H and O–H groups in total. The maximum absolute atomic E-state index is 10.6. The van der Waals surface area contributed by atoms with Gasteiger partial charge in [-0.15, -0.1) is 0 Å². The first-order chi connectivity index (χ1) is 8.75. The van der Waals surface area contributed by atoms with E-state index in [-0.39, 0.29) is 13.1 Å². The number of nitrogens with one attached hydrogen (secondary N) is 2. The number of rotatable bonds is 10. The quantitative estimate of drug-likeness (QED) is 0.187. The molecule has 1 unspecified atom stereocenters. The molecule has 0 fully saturated rings. The summed E-state index contributed by atoms with van der Waals surface area (Å²) in [6.45, 7) is -0.242. The monoisotopic (exact) mass is 278 g/mol. The van der Waals surface area contributed by atoms with E-state index < -0.39 is 42.4 Å². The van der Waals surface area contributed by atoms with Gasteiger partial charge in [0.05, 0.1) is 6.42 Å². The van der Waals surface area contributed by atoms with Crippen molar-refractivity contribution < 1.29 is 39.6 Å². The van der Waals surface area contributed by atoms with Gasteiger partial charge in [-0.2, -0.15) is 0 Å². The number of hydrogen-bond donors (Lipinski definition) is 6. The molecule has 0 radical (unpaired) electrons. The SMILES string of the molecule is O=C(O)CC(NCCNC(C(=O)O)C(=O)O)C(=O)O. The highest BCUT2D eigenvalue weighted by molar-refractivity contribution is 5.97. The predicted molar refractivity (Wildman–Crippen MR) is 58.7 cm³/mol. The van der Waals surface area contributed by atoms with Gasteiger partial charge in [-0.05, 0) is 0 Å². The Labute approximate surface area is 107 Å². The lowest BCUT2D eigenvalue weighted by molar-refractivity contribution is -0.151. The van der Waals surface area contributed by atoms with Gasteiger partial charge in [0.25, 0.3) is 0 Å². The Morgan fingerprint density at radius 2 is 1.26 bits per heavy atom. The molecule has 19 heavy (non-hydrogen) atoms. The minimum absolute atomic E-state index is 0.0959. The molecule has 0 aliphatic heterocycles. The zero-order valence-electron chi connectivity index (χ0n) is 9.70. The summed E-state index contributed by atoms with van der Waals surface area (Å²) in [7, 11) is 0. The summed E-state index contributed by atoms with van der Waals surface area (Å²) in [6, 6.07) is -3.13. The van der Waals surface area contributed by atoms with E-state index in [4.69, 9.17) is 20.4 Å². The number of carboxylic acids is 4. The molecule has 10 nitrogen and oxygen atoms in total. The van der Waals surface area contributed by atoms with Crippen molar-refractivity contribution >= 4 is 23.9 Å². The zero-order chi connectivity index (χ0) is 15.0. The van der Waals surface area contributed by atoms with Crippen molar-refractivity contribution in [2.24, 2.45) is 0 Å². The van der Waals surface area contributed by atoms with Gasteiger partial charge < -0.3 is 25.7 Å². The molecule has 10 heteroatoms. The first-order valence-electron chi connectivity index (χ1n) is 5.12. The summed E-state index contributed by atoms with van der Waals surface area (Å²) in [4.78, 5) is 42.0. The van der Waals surface area contributed by atoms with Gasteiger partial charge in [0.1, 0.15) is 6.04 Å². The molecule has 0 aliphatic rings. The molecule has 0 spiro atoms. The highest BCUT2D eigenvalue weighted by atomic mass is 16.4. The number of carbonyl (C=O) groups is 4. The molecule has 0 aromatic carbocycles. The standard InChI is InChI=1S/C9H14N2O8/c12-5(13)3-4(7(14)15)10-1-2-11-6(8(16)17)9(18)19/h4,6,10-11H,1-3H2,(H,12,13)(H,14,15)(H,16,17)(H,18,19). The van der Waals surface area contributed by atoms with E-state index in [9.17, 15) is 19.2 Å². The minimum atomic E-state index is -1.80. The van der Waals surface area contributed by atoms with Gasteiger partial charge in [-0.3, -0.25) is 14.9 Å². The molecule has 1 atom stereocenters. The third-order valence-electron chi connectivity index (χ3n) is 2.03. The van der Waals surface area contributed by atoms with Crippen LogP contribution in [0.25, 0.3) is 0 Å². The van der Waals surface area contributed by atoms with Gasteiger partial charge >= 0.3 is 23.9 Å². The van der Waals surface area contributed by atoms with Crippen molar-refractivity contribution in [2.75, 3.05) is 13.1 Å². The van der Waals surface area contributed by atoms with Crippen molar-refractivity contribution in [3.05, 3.63) is 0 Å². The lowest BCUT2D eigenvalue weighted by Gasteiger charge is -2.14. The van der Waals surface area contributed by atoms with Gasteiger partial charge in [-0.25, -0.2) is 9.59 Å². The molecular weight excluding hydrogens is 264 g/mol. The number of aliphatic carboxylic acids is 4. The largest absolute Gasteiger partial charge is 0.481 e. The molecule has 0 heterocycles. The van der Waals surface area contributed by atoms with Crippen LogP contribution in [-0.4, -0.2) is 69.5 Å². The summed E-state index contributed by atoms with van der Waals surface area (Å²) in [5.41, 5.74) is 0. The van der Waals surface area contributed by atoms with Gasteiger partial charge in [0.15, 0.2) is 0 Å². The fourth-order valence-corrected chi connectivity index (χ4v) is 1.16. The fourth-order valence-electron chi connectivity index (χ4n) is 1.16. The first-order valence-corrected chi connectivity index (χ1v) is 5.12. The Morgan fingerprint density at radius 3 is 1.63 bits per heavy atom. The second-order valence-corrected chi connectivity index (χ2v) is 3.51. The van der Waals surface area contributed by atoms with E-state index in [2.05, 4.69) is 10.6 Å². The van der Waals surface area contributed by atoms with E-state index in [0.29, 0.717) is 0 Å². The lowest BCUT2D eigenvalue weighted by atomic mass is 10.2. The summed E-state index contributed by atoms with van der Waals surface area (Å²) in [5, 5.41) is 38.7. The Kier molecular flexibility index (Phi) is 7.07. The van der Waals surface area contributed by atoms with Crippen LogP contribution in [0.1, 0.15) is 6.42 Å². The van der Waals surface area contributed by atoms with Gasteiger partial charge in [-0.1, -0.05) is 0 Å². The zero-order valence-corrected chi connectivity index (χ0v) is 9.70. The third kappa shape index (κ3) is 6.95. The molecule has 0 saturated carbocycles. The third-order valence-corrected chi connectivity index (χ3v) is 2.03. The van der Waals surface area contributed by atoms with E-state index in [1.165, 1.54) is 0 Å². The van der Waals surface area contributed by atoms with Crippen LogP contribution in [0.3, 0.4) is 0 Å². The highest BCUT2D eigenvalue weighted by Gasteiger charge is 2.25. The average Bonchev–Trinajstić information content (AvgIpc) is 2.25. The molecule has 0 aromatic rings. The Hall–Kier alpha value is -2.20. The minimum Gasteiger partial charge on any atom is -0.481 e. The first kappa shape index (κ1) is 16.8. The highest BCUT2D eigenvalue weighted by Crippen LogP contribution is 1.92. The van der Waals surface area contributed by atoms with Gasteiger partial charge in [0, 0.05) is 13.1 Å². The number of hydrogen-bond acceptors (Lipinski definition) is 6. The van der Waals surface area contributed by atoms with Crippen LogP contribution in [0.15, 0.2) is 0 Å². The van der Waals surface area contributed by atoms with Crippen molar-refractivity contribution in [3.63, 3.8) is 0 Å². The van der Waals surface area contributed by atoms with Crippen LogP contribution in [0.5, 0.6) is 0 Å². The molecule has 0 aromatic heterocycles. The lowest BCUT2D eigenvalue weighted by Crippen LogP contribution is -2.48. The molecule has 0 rings (SSSR count). The maximum atomic E-state index is 10.6. The normalized spacial score (nSPS) is 12.1. The van der Waals surface area contributed by atoms with Crippen LogP contribution >= 0.6 is 0 Å². The fraction of sp³-hybridized carbons (Fsp3) is 0.556. The molecular formula is C9H14N2O8. The second kappa shape index (κ2) is 8.00. The predicted octanol–water partition coefficient (Wildman–Crippen LogP) is -2.37. The Bertz CT molecular complexity index is 355. The van der Waals surface area contributed by atoms with Crippen molar-refractivity contribution in [2.45, 2.75) is 18.5 Å². The van der Waals surface area contributed by atoms with Crippen LogP contribution in [0.2, 0.25) is 0 Å². The van der Waals surface area contributed by atoms with E-state index in [1.54, 1.807) is 0 Å². The maximum Gasteiger partial charge on any atom is 0.332 e. The van der Waals surface area contributed by atoms with E-state index >= 15 is 0 Å². The summed E-state index contributed by atoms with van der Waals surface area (Å²) in [6.07, 6.45) is -0.642. The van der Waals surface area contributed by atoms with Crippen molar-refractivity contribution in [1.29, 1.82) is 0 Å². The van der Waals surface area contributed by atoms with Crippen LogP contribution in [0, 0.1) is 0 Å². The number of carboxylic acid groups (broad SMARTS) is 4. The van der Waals surface area contributed by atoms with Crippen molar-refractivity contribution in [1.82, 2.24) is 10.6 Å². The Morgan fingerprint density at radius 1 is 0.789 bits per heavy atom. The van der Waals surface area contributed by atoms with E-state index in [1.807, 2.05) is 0 Å². The molecule has 0 saturated heterocycles. The van der Waals surface area contributed by atoms with E-state index in [0.717, 1.165) is 0 Å².